The minimum Gasteiger partial charge on any atom is -0.355 e. The van der Waals surface area contributed by atoms with E-state index in [2.05, 4.69) is 24.5 Å². The van der Waals surface area contributed by atoms with Crippen LogP contribution in [0.4, 0.5) is 5.69 Å². The lowest BCUT2D eigenvalue weighted by molar-refractivity contribution is -0.128. The summed E-state index contributed by atoms with van der Waals surface area (Å²) in [7, 11) is 0. The van der Waals surface area contributed by atoms with Crippen LogP contribution in [0.25, 0.3) is 0 Å². The number of hydrogen-bond donors (Lipinski definition) is 2. The van der Waals surface area contributed by atoms with Gasteiger partial charge in [-0.3, -0.25) is 14.4 Å². The molecule has 1 heterocycles. The fraction of sp³-hybridized carbons (Fsp3) is 0.526. The Balaban J connectivity index is 1.94. The van der Waals surface area contributed by atoms with E-state index in [4.69, 9.17) is 0 Å². The zero-order chi connectivity index (χ0) is 18.4. The lowest BCUT2D eigenvalue weighted by Crippen LogP contribution is -2.40. The molecular formula is C19H27N3O3. The molecule has 25 heavy (non-hydrogen) atoms. The van der Waals surface area contributed by atoms with E-state index >= 15 is 0 Å². The number of hydrogen-bond acceptors (Lipinski definition) is 3. The van der Waals surface area contributed by atoms with Crippen molar-refractivity contribution < 1.29 is 14.4 Å². The second kappa shape index (κ2) is 8.65. The van der Waals surface area contributed by atoms with Crippen molar-refractivity contribution in [3.63, 3.8) is 0 Å². The molecule has 2 N–H and O–H groups in total. The van der Waals surface area contributed by atoms with Crippen LogP contribution in [-0.4, -0.2) is 37.4 Å². The number of benzene rings is 1. The van der Waals surface area contributed by atoms with Gasteiger partial charge >= 0.3 is 0 Å². The lowest BCUT2D eigenvalue weighted by atomic mass is 10.0. The summed E-state index contributed by atoms with van der Waals surface area (Å²) >= 11 is 0. The molecule has 6 nitrogen and oxygen atoms in total. The summed E-state index contributed by atoms with van der Waals surface area (Å²) in [5.41, 5.74) is 1.98. The second-order valence-corrected chi connectivity index (χ2v) is 6.72. The first-order chi connectivity index (χ1) is 11.9. The number of nitrogens with one attached hydrogen (secondary N) is 2. The topological polar surface area (TPSA) is 78.5 Å². The van der Waals surface area contributed by atoms with Gasteiger partial charge in [0.15, 0.2) is 0 Å². The van der Waals surface area contributed by atoms with Gasteiger partial charge in [-0.1, -0.05) is 32.9 Å². The summed E-state index contributed by atoms with van der Waals surface area (Å²) in [6, 6.07) is 7.86. The third kappa shape index (κ3) is 5.05. The molecular weight excluding hydrogens is 318 g/mol. The number of nitrogens with zero attached hydrogens (tertiary/aromatic N) is 1. The fourth-order valence-electron chi connectivity index (χ4n) is 2.82. The maximum absolute atomic E-state index is 12.3. The van der Waals surface area contributed by atoms with Crippen LogP contribution in [0.2, 0.25) is 0 Å². The van der Waals surface area contributed by atoms with E-state index in [-0.39, 0.29) is 30.7 Å². The highest BCUT2D eigenvalue weighted by molar-refractivity contribution is 6.00. The highest BCUT2D eigenvalue weighted by Crippen LogP contribution is 2.27. The number of amides is 3. The molecule has 1 saturated heterocycles. The predicted molar refractivity (Wildman–Crippen MR) is 97.3 cm³/mol. The first-order valence-corrected chi connectivity index (χ1v) is 8.87. The van der Waals surface area contributed by atoms with E-state index in [0.717, 1.165) is 17.7 Å². The van der Waals surface area contributed by atoms with E-state index in [1.807, 2.05) is 31.2 Å². The summed E-state index contributed by atoms with van der Waals surface area (Å²) < 4.78 is 0. The zero-order valence-corrected chi connectivity index (χ0v) is 15.2. The van der Waals surface area contributed by atoms with Gasteiger partial charge in [0.05, 0.1) is 12.5 Å². The molecule has 1 aromatic rings. The Kier molecular flexibility index (Phi) is 6.56. The Morgan fingerprint density at radius 2 is 2.04 bits per heavy atom. The van der Waals surface area contributed by atoms with Crippen molar-refractivity contribution >= 4 is 23.4 Å². The van der Waals surface area contributed by atoms with Gasteiger partial charge < -0.3 is 15.5 Å². The van der Waals surface area contributed by atoms with Crippen LogP contribution >= 0.6 is 0 Å². The van der Waals surface area contributed by atoms with Gasteiger partial charge in [0, 0.05) is 25.2 Å². The van der Waals surface area contributed by atoms with Gasteiger partial charge in [-0.05, 0) is 30.0 Å². The van der Waals surface area contributed by atoms with E-state index in [1.165, 1.54) is 0 Å². The van der Waals surface area contributed by atoms with Crippen molar-refractivity contribution in [2.24, 2.45) is 5.92 Å². The summed E-state index contributed by atoms with van der Waals surface area (Å²) in [5.74, 6) is -0.562. The molecule has 1 atom stereocenters. The molecule has 0 spiro atoms. The van der Waals surface area contributed by atoms with Gasteiger partial charge in [0.2, 0.25) is 17.7 Å². The standard InChI is InChI=1S/C19H27N3O3/c1-4-8-20-17(23)11-21-19(25)15-10-18(24)22(12-15)16-7-5-6-14(9-16)13(2)3/h5-7,9,13,15H,4,8,10-12H2,1-3H3,(H,20,23)(H,21,25). The molecule has 0 bridgehead atoms. The largest absolute Gasteiger partial charge is 0.355 e. The third-order valence-electron chi connectivity index (χ3n) is 4.34. The van der Waals surface area contributed by atoms with E-state index in [0.29, 0.717) is 19.0 Å². The van der Waals surface area contributed by atoms with Crippen LogP contribution in [0.15, 0.2) is 24.3 Å². The van der Waals surface area contributed by atoms with Gasteiger partial charge in [-0.25, -0.2) is 0 Å². The number of carbonyl (C=O) groups is 3. The Hall–Kier alpha value is -2.37. The number of carbonyl (C=O) groups excluding carboxylic acids is 3. The minimum absolute atomic E-state index is 0.0492. The normalized spacial score (nSPS) is 17.0. The molecule has 0 aliphatic carbocycles. The SMILES string of the molecule is CCCNC(=O)CNC(=O)C1CC(=O)N(c2cccc(C(C)C)c2)C1. The number of rotatable bonds is 7. The van der Waals surface area contributed by atoms with Crippen LogP contribution in [0.3, 0.4) is 0 Å². The third-order valence-corrected chi connectivity index (χ3v) is 4.34. The van der Waals surface area contributed by atoms with Crippen molar-refractivity contribution in [3.8, 4) is 0 Å². The van der Waals surface area contributed by atoms with E-state index < -0.39 is 5.92 Å². The van der Waals surface area contributed by atoms with Gasteiger partial charge in [0.1, 0.15) is 0 Å². The predicted octanol–water partition coefficient (Wildman–Crippen LogP) is 1.81. The Morgan fingerprint density at radius 1 is 1.28 bits per heavy atom. The maximum Gasteiger partial charge on any atom is 0.239 e. The lowest BCUT2D eigenvalue weighted by Gasteiger charge is -2.18. The number of anilines is 1. The molecule has 0 radical (unpaired) electrons. The van der Waals surface area contributed by atoms with Crippen molar-refractivity contribution in [1.29, 1.82) is 0 Å². The highest BCUT2D eigenvalue weighted by Gasteiger charge is 2.35. The van der Waals surface area contributed by atoms with Crippen LogP contribution < -0.4 is 15.5 Å². The molecule has 1 aliphatic heterocycles. The summed E-state index contributed by atoms with van der Waals surface area (Å²) in [4.78, 5) is 37.8. The van der Waals surface area contributed by atoms with Gasteiger partial charge in [-0.2, -0.15) is 0 Å². The first kappa shape index (κ1) is 19.0. The average molecular weight is 345 g/mol. The van der Waals surface area contributed by atoms with Crippen LogP contribution in [0.5, 0.6) is 0 Å². The second-order valence-electron chi connectivity index (χ2n) is 6.72. The molecule has 1 fully saturated rings. The van der Waals surface area contributed by atoms with Crippen molar-refractivity contribution in [2.75, 3.05) is 24.5 Å². The van der Waals surface area contributed by atoms with E-state index in [9.17, 15) is 14.4 Å². The Morgan fingerprint density at radius 3 is 2.72 bits per heavy atom. The van der Waals surface area contributed by atoms with E-state index in [1.54, 1.807) is 4.90 Å². The first-order valence-electron chi connectivity index (χ1n) is 8.87. The van der Waals surface area contributed by atoms with Gasteiger partial charge in [0.25, 0.3) is 0 Å². The summed E-state index contributed by atoms with van der Waals surface area (Å²) in [6.07, 6.45) is 1.02. The van der Waals surface area contributed by atoms with Crippen LogP contribution in [0, 0.1) is 5.92 Å². The molecule has 1 aromatic carbocycles. The molecule has 136 valence electrons. The summed E-state index contributed by atoms with van der Waals surface area (Å²) in [5, 5.41) is 5.33. The van der Waals surface area contributed by atoms with Crippen molar-refractivity contribution in [3.05, 3.63) is 29.8 Å². The highest BCUT2D eigenvalue weighted by atomic mass is 16.2. The zero-order valence-electron chi connectivity index (χ0n) is 15.2. The molecule has 6 heteroatoms. The Labute approximate surface area is 149 Å². The summed E-state index contributed by atoms with van der Waals surface area (Å²) in [6.45, 7) is 7.06. The van der Waals surface area contributed by atoms with Crippen molar-refractivity contribution in [2.45, 2.75) is 39.5 Å². The molecule has 2 rings (SSSR count). The molecule has 0 saturated carbocycles. The molecule has 3 amide bonds. The Bertz CT molecular complexity index is 643. The molecule has 1 aliphatic rings. The quantitative estimate of drug-likeness (QED) is 0.791. The monoisotopic (exact) mass is 345 g/mol. The van der Waals surface area contributed by atoms with Crippen LogP contribution in [-0.2, 0) is 14.4 Å². The van der Waals surface area contributed by atoms with Crippen molar-refractivity contribution in [1.82, 2.24) is 10.6 Å². The van der Waals surface area contributed by atoms with Crippen LogP contribution in [0.1, 0.15) is 45.1 Å². The molecule has 1 unspecified atom stereocenters. The smallest absolute Gasteiger partial charge is 0.239 e. The minimum atomic E-state index is -0.422. The fourth-order valence-corrected chi connectivity index (χ4v) is 2.82. The molecule has 0 aromatic heterocycles. The average Bonchev–Trinajstić information content (AvgIpc) is 2.99. The van der Waals surface area contributed by atoms with Gasteiger partial charge in [-0.15, -0.1) is 0 Å². The maximum atomic E-state index is 12.3.